The molecule has 2 unspecified atom stereocenters. The number of hydrogen-bond donors (Lipinski definition) is 1. The van der Waals surface area contributed by atoms with Crippen molar-refractivity contribution in [2.75, 3.05) is 20.3 Å². The molecule has 0 saturated heterocycles. The standard InChI is InChI=1S/C16H23NO3/c1-3-17-14(16(18)19-2)11-20-15-10-6-8-12-7-4-5-9-13(12)15/h4-5,7,9,14-15,17H,3,6,8,10-11H2,1-2H3. The molecule has 4 nitrogen and oxygen atoms in total. The van der Waals surface area contributed by atoms with E-state index < -0.39 is 0 Å². The Morgan fingerprint density at radius 3 is 3.00 bits per heavy atom. The average molecular weight is 277 g/mol. The second-order valence-electron chi connectivity index (χ2n) is 5.05. The Morgan fingerprint density at radius 1 is 1.45 bits per heavy atom. The molecule has 0 fully saturated rings. The number of nitrogens with one attached hydrogen (secondary N) is 1. The maximum absolute atomic E-state index is 11.7. The van der Waals surface area contributed by atoms with Gasteiger partial charge in [0.2, 0.25) is 0 Å². The number of fused-ring (bicyclic) bond motifs is 1. The minimum absolute atomic E-state index is 0.0887. The van der Waals surface area contributed by atoms with E-state index in [2.05, 4.69) is 23.5 Å². The molecule has 1 N–H and O–H groups in total. The van der Waals surface area contributed by atoms with Crippen molar-refractivity contribution in [1.29, 1.82) is 0 Å². The normalized spacial score (nSPS) is 19.2. The first-order chi connectivity index (χ1) is 9.76. The van der Waals surface area contributed by atoms with E-state index in [9.17, 15) is 4.79 Å². The van der Waals surface area contributed by atoms with Crippen molar-refractivity contribution in [3.63, 3.8) is 0 Å². The molecule has 0 aliphatic heterocycles. The summed E-state index contributed by atoms with van der Waals surface area (Å²) in [6.07, 6.45) is 3.35. The molecule has 0 spiro atoms. The van der Waals surface area contributed by atoms with Crippen LogP contribution in [-0.4, -0.2) is 32.3 Å². The van der Waals surface area contributed by atoms with E-state index in [1.165, 1.54) is 18.2 Å². The first-order valence-electron chi connectivity index (χ1n) is 7.26. The SMILES string of the molecule is CCNC(COC1CCCc2ccccc21)C(=O)OC. The van der Waals surface area contributed by atoms with Crippen molar-refractivity contribution in [2.45, 2.75) is 38.3 Å². The van der Waals surface area contributed by atoms with Gasteiger partial charge in [0, 0.05) is 0 Å². The van der Waals surface area contributed by atoms with Gasteiger partial charge in [-0.15, -0.1) is 0 Å². The molecule has 20 heavy (non-hydrogen) atoms. The number of esters is 1. The van der Waals surface area contributed by atoms with E-state index >= 15 is 0 Å². The third-order valence-corrected chi connectivity index (χ3v) is 3.71. The van der Waals surface area contributed by atoms with Gasteiger partial charge in [-0.2, -0.15) is 0 Å². The van der Waals surface area contributed by atoms with E-state index in [4.69, 9.17) is 9.47 Å². The van der Waals surface area contributed by atoms with Gasteiger partial charge in [-0.25, -0.2) is 0 Å². The second-order valence-corrected chi connectivity index (χ2v) is 5.05. The summed E-state index contributed by atoms with van der Waals surface area (Å²) in [6.45, 7) is 3.02. The van der Waals surface area contributed by atoms with Crippen molar-refractivity contribution >= 4 is 5.97 Å². The number of ether oxygens (including phenoxy) is 2. The molecule has 0 saturated carbocycles. The van der Waals surface area contributed by atoms with Gasteiger partial charge >= 0.3 is 5.97 Å². The van der Waals surface area contributed by atoms with Crippen LogP contribution in [0, 0.1) is 0 Å². The monoisotopic (exact) mass is 277 g/mol. The number of carbonyl (C=O) groups is 1. The van der Waals surface area contributed by atoms with Gasteiger partial charge in [0.15, 0.2) is 0 Å². The number of hydrogen-bond acceptors (Lipinski definition) is 4. The molecule has 1 aromatic rings. The number of carbonyl (C=O) groups excluding carboxylic acids is 1. The van der Waals surface area contributed by atoms with Gasteiger partial charge in [-0.05, 0) is 36.9 Å². The molecule has 0 bridgehead atoms. The van der Waals surface area contributed by atoms with Gasteiger partial charge < -0.3 is 14.8 Å². The minimum atomic E-state index is -0.390. The van der Waals surface area contributed by atoms with Crippen molar-refractivity contribution in [3.05, 3.63) is 35.4 Å². The van der Waals surface area contributed by atoms with Crippen LogP contribution < -0.4 is 5.32 Å². The zero-order valence-corrected chi connectivity index (χ0v) is 12.2. The van der Waals surface area contributed by atoms with Crippen LogP contribution in [0.25, 0.3) is 0 Å². The average Bonchev–Trinajstić information content (AvgIpc) is 2.50. The molecular weight excluding hydrogens is 254 g/mol. The minimum Gasteiger partial charge on any atom is -0.468 e. The summed E-state index contributed by atoms with van der Waals surface area (Å²) in [7, 11) is 1.41. The van der Waals surface area contributed by atoms with Crippen LogP contribution in [0.5, 0.6) is 0 Å². The zero-order chi connectivity index (χ0) is 14.4. The van der Waals surface area contributed by atoms with E-state index in [0.717, 1.165) is 19.3 Å². The largest absolute Gasteiger partial charge is 0.468 e. The van der Waals surface area contributed by atoms with Crippen molar-refractivity contribution in [1.82, 2.24) is 5.32 Å². The highest BCUT2D eigenvalue weighted by atomic mass is 16.5. The van der Waals surface area contributed by atoms with E-state index in [0.29, 0.717) is 13.2 Å². The quantitative estimate of drug-likeness (QED) is 0.810. The predicted molar refractivity (Wildman–Crippen MR) is 77.6 cm³/mol. The zero-order valence-electron chi connectivity index (χ0n) is 12.2. The molecule has 0 amide bonds. The van der Waals surface area contributed by atoms with Crippen molar-refractivity contribution in [3.8, 4) is 0 Å². The highest BCUT2D eigenvalue weighted by Crippen LogP contribution is 2.32. The van der Waals surface area contributed by atoms with Crippen LogP contribution in [0.4, 0.5) is 0 Å². The number of rotatable bonds is 6. The fraction of sp³-hybridized carbons (Fsp3) is 0.562. The molecule has 0 radical (unpaired) electrons. The lowest BCUT2D eigenvalue weighted by Gasteiger charge is -2.27. The van der Waals surface area contributed by atoms with Crippen LogP contribution >= 0.6 is 0 Å². The number of benzene rings is 1. The topological polar surface area (TPSA) is 47.6 Å². The highest BCUT2D eigenvalue weighted by molar-refractivity contribution is 5.75. The summed E-state index contributed by atoms with van der Waals surface area (Å²) in [6, 6.07) is 8.01. The summed E-state index contributed by atoms with van der Waals surface area (Å²) in [5.74, 6) is -0.268. The molecular formula is C16H23NO3. The Hall–Kier alpha value is -1.39. The number of methoxy groups -OCH3 is 1. The summed E-state index contributed by atoms with van der Waals surface area (Å²) >= 11 is 0. The maximum atomic E-state index is 11.7. The lowest BCUT2D eigenvalue weighted by molar-refractivity contribution is -0.145. The van der Waals surface area contributed by atoms with E-state index in [1.54, 1.807) is 0 Å². The Labute approximate surface area is 120 Å². The van der Waals surface area contributed by atoms with E-state index in [-0.39, 0.29) is 18.1 Å². The van der Waals surface area contributed by atoms with E-state index in [1.807, 2.05) is 13.0 Å². The molecule has 110 valence electrons. The Bertz CT molecular complexity index is 447. The molecule has 1 aliphatic carbocycles. The smallest absolute Gasteiger partial charge is 0.325 e. The van der Waals surface area contributed by atoms with Gasteiger partial charge in [-0.1, -0.05) is 31.2 Å². The summed E-state index contributed by atoms with van der Waals surface area (Å²) < 4.78 is 10.8. The van der Waals surface area contributed by atoms with Crippen LogP contribution in [-0.2, 0) is 20.7 Å². The molecule has 0 aromatic heterocycles. The van der Waals surface area contributed by atoms with Gasteiger partial charge in [-0.3, -0.25) is 4.79 Å². The van der Waals surface area contributed by atoms with Gasteiger partial charge in [0.25, 0.3) is 0 Å². The fourth-order valence-corrected chi connectivity index (χ4v) is 2.69. The maximum Gasteiger partial charge on any atom is 0.325 e. The van der Waals surface area contributed by atoms with Gasteiger partial charge in [0.05, 0.1) is 19.8 Å². The summed E-state index contributed by atoms with van der Waals surface area (Å²) in [5, 5.41) is 3.10. The second kappa shape index (κ2) is 7.41. The lowest BCUT2D eigenvalue weighted by atomic mass is 9.89. The van der Waals surface area contributed by atoms with Crippen LogP contribution in [0.3, 0.4) is 0 Å². The first kappa shape index (κ1) is 15.0. The Morgan fingerprint density at radius 2 is 2.25 bits per heavy atom. The molecule has 4 heteroatoms. The third kappa shape index (κ3) is 3.58. The summed E-state index contributed by atoms with van der Waals surface area (Å²) in [5.41, 5.74) is 2.63. The molecule has 0 heterocycles. The molecule has 2 atom stereocenters. The van der Waals surface area contributed by atoms with Crippen LogP contribution in [0.2, 0.25) is 0 Å². The summed E-state index contributed by atoms with van der Waals surface area (Å²) in [4.78, 5) is 11.7. The highest BCUT2D eigenvalue weighted by Gasteiger charge is 2.24. The van der Waals surface area contributed by atoms with Crippen molar-refractivity contribution < 1.29 is 14.3 Å². The Balaban J connectivity index is 1.98. The van der Waals surface area contributed by atoms with Gasteiger partial charge in [0.1, 0.15) is 6.04 Å². The predicted octanol–water partition coefficient (Wildman–Crippen LogP) is 2.23. The lowest BCUT2D eigenvalue weighted by Crippen LogP contribution is -2.41. The fourth-order valence-electron chi connectivity index (χ4n) is 2.69. The third-order valence-electron chi connectivity index (χ3n) is 3.71. The number of aryl methyl sites for hydroxylation is 1. The van der Waals surface area contributed by atoms with Crippen LogP contribution in [0.15, 0.2) is 24.3 Å². The first-order valence-corrected chi connectivity index (χ1v) is 7.26. The molecule has 1 aliphatic rings. The molecule has 1 aromatic carbocycles. The van der Waals surface area contributed by atoms with Crippen LogP contribution in [0.1, 0.15) is 37.0 Å². The molecule has 2 rings (SSSR count). The number of likely N-dealkylation sites (N-methyl/N-ethyl adjacent to an activating group) is 1. The van der Waals surface area contributed by atoms with Crippen molar-refractivity contribution in [2.24, 2.45) is 0 Å². The Kier molecular flexibility index (Phi) is 5.56.